The topological polar surface area (TPSA) is 44.1 Å². The number of fused-ring (bicyclic) bond motifs is 1. The second-order valence-corrected chi connectivity index (χ2v) is 7.12. The van der Waals surface area contributed by atoms with Crippen LogP contribution < -0.4 is 0 Å². The molecule has 0 aliphatic rings. The van der Waals surface area contributed by atoms with Crippen molar-refractivity contribution in [3.05, 3.63) is 101 Å². The van der Waals surface area contributed by atoms with Crippen molar-refractivity contribution in [2.75, 3.05) is 6.61 Å². The summed E-state index contributed by atoms with van der Waals surface area (Å²) in [5, 5.41) is 1.27. The molecule has 4 rings (SSSR count). The molecule has 146 valence electrons. The van der Waals surface area contributed by atoms with Gasteiger partial charge < -0.3 is 9.30 Å². The van der Waals surface area contributed by atoms with Gasteiger partial charge in [0, 0.05) is 42.0 Å². The first-order chi connectivity index (χ1) is 14.2. The maximum atomic E-state index is 11.9. The Morgan fingerprint density at radius 1 is 1.00 bits per heavy atom. The number of ether oxygens (including phenoxy) is 1. The van der Waals surface area contributed by atoms with Gasteiger partial charge in [-0.05, 0) is 54.8 Å². The predicted octanol–water partition coefficient (Wildman–Crippen LogP) is 5.16. The monoisotopic (exact) mass is 384 g/mol. The summed E-state index contributed by atoms with van der Waals surface area (Å²) in [5.74, 6) is -0.277. The molecule has 0 aliphatic heterocycles. The van der Waals surface area contributed by atoms with Gasteiger partial charge in [-0.15, -0.1) is 0 Å². The summed E-state index contributed by atoms with van der Waals surface area (Å²) in [7, 11) is 0. The van der Waals surface area contributed by atoms with E-state index >= 15 is 0 Å². The Balaban J connectivity index is 1.67. The summed E-state index contributed by atoms with van der Waals surface area (Å²) in [4.78, 5) is 16.1. The number of hydrogen-bond donors (Lipinski definition) is 0. The largest absolute Gasteiger partial charge is 0.462 e. The van der Waals surface area contributed by atoms with Crippen LogP contribution in [0.4, 0.5) is 0 Å². The van der Waals surface area contributed by atoms with Crippen molar-refractivity contribution in [2.45, 2.75) is 26.8 Å². The highest BCUT2D eigenvalue weighted by Gasteiger charge is 2.15. The Morgan fingerprint density at radius 3 is 2.52 bits per heavy atom. The van der Waals surface area contributed by atoms with Gasteiger partial charge in [0.15, 0.2) is 0 Å². The molecule has 0 radical (unpaired) electrons. The molecule has 0 saturated heterocycles. The first kappa shape index (κ1) is 18.9. The summed E-state index contributed by atoms with van der Waals surface area (Å²) < 4.78 is 7.42. The van der Waals surface area contributed by atoms with E-state index in [9.17, 15) is 4.79 Å². The second-order valence-electron chi connectivity index (χ2n) is 7.12. The highest BCUT2D eigenvalue weighted by molar-refractivity contribution is 5.89. The zero-order valence-corrected chi connectivity index (χ0v) is 16.8. The van der Waals surface area contributed by atoms with Crippen LogP contribution in [0.5, 0.6) is 0 Å². The molecule has 0 unspecified atom stereocenters. The van der Waals surface area contributed by atoms with Crippen LogP contribution in [0.25, 0.3) is 10.9 Å². The fourth-order valence-electron chi connectivity index (χ4n) is 3.78. The SMILES string of the molecule is CCOC(=O)c1ccc(Cn2c(C)c(Cc3cccnc3)c3ccccc32)cc1. The molecule has 4 nitrogen and oxygen atoms in total. The summed E-state index contributed by atoms with van der Waals surface area (Å²) in [6, 6.07) is 20.3. The van der Waals surface area contributed by atoms with Crippen LogP contribution in [0.1, 0.15) is 39.7 Å². The van der Waals surface area contributed by atoms with Gasteiger partial charge in [0.2, 0.25) is 0 Å². The van der Waals surface area contributed by atoms with Crippen molar-refractivity contribution in [3.8, 4) is 0 Å². The molecule has 2 aromatic carbocycles. The molecule has 0 N–H and O–H groups in total. The number of esters is 1. The van der Waals surface area contributed by atoms with Crippen LogP contribution in [0.3, 0.4) is 0 Å². The van der Waals surface area contributed by atoms with Crippen LogP contribution in [0.15, 0.2) is 73.1 Å². The third kappa shape index (κ3) is 3.92. The average molecular weight is 384 g/mol. The molecule has 2 aromatic heterocycles. The van der Waals surface area contributed by atoms with E-state index in [0.717, 1.165) is 18.5 Å². The van der Waals surface area contributed by atoms with Gasteiger partial charge in [-0.1, -0.05) is 36.4 Å². The highest BCUT2D eigenvalue weighted by Crippen LogP contribution is 2.28. The zero-order chi connectivity index (χ0) is 20.2. The van der Waals surface area contributed by atoms with E-state index in [1.165, 1.54) is 27.7 Å². The molecule has 29 heavy (non-hydrogen) atoms. The summed E-state index contributed by atoms with van der Waals surface area (Å²) in [5.41, 5.74) is 6.74. The molecule has 0 bridgehead atoms. The van der Waals surface area contributed by atoms with Crippen LogP contribution >= 0.6 is 0 Å². The fraction of sp³-hybridized carbons (Fsp3) is 0.200. The molecular formula is C25H24N2O2. The van der Waals surface area contributed by atoms with Crippen molar-refractivity contribution < 1.29 is 9.53 Å². The Kier molecular flexibility index (Phi) is 5.43. The van der Waals surface area contributed by atoms with Gasteiger partial charge >= 0.3 is 5.97 Å². The van der Waals surface area contributed by atoms with Gasteiger partial charge in [-0.2, -0.15) is 0 Å². The van der Waals surface area contributed by atoms with E-state index in [-0.39, 0.29) is 5.97 Å². The van der Waals surface area contributed by atoms with E-state index in [1.54, 1.807) is 6.20 Å². The fourth-order valence-corrected chi connectivity index (χ4v) is 3.78. The third-order valence-electron chi connectivity index (χ3n) is 5.27. The van der Waals surface area contributed by atoms with Crippen LogP contribution in [0.2, 0.25) is 0 Å². The second kappa shape index (κ2) is 8.31. The molecule has 0 fully saturated rings. The normalized spacial score (nSPS) is 11.0. The smallest absolute Gasteiger partial charge is 0.338 e. The number of benzene rings is 2. The number of pyridine rings is 1. The zero-order valence-electron chi connectivity index (χ0n) is 16.8. The minimum Gasteiger partial charge on any atom is -0.462 e. The Hall–Kier alpha value is -3.40. The van der Waals surface area contributed by atoms with Crippen molar-refractivity contribution >= 4 is 16.9 Å². The molecule has 4 aromatic rings. The van der Waals surface area contributed by atoms with E-state index in [2.05, 4.69) is 46.8 Å². The molecule has 0 atom stereocenters. The summed E-state index contributed by atoms with van der Waals surface area (Å²) in [6.45, 7) is 5.13. The molecule has 0 spiro atoms. The number of carbonyl (C=O) groups is 1. The van der Waals surface area contributed by atoms with E-state index in [0.29, 0.717) is 12.2 Å². The van der Waals surface area contributed by atoms with Gasteiger partial charge in [0.1, 0.15) is 0 Å². The van der Waals surface area contributed by atoms with Crippen molar-refractivity contribution in [1.82, 2.24) is 9.55 Å². The number of para-hydroxylation sites is 1. The highest BCUT2D eigenvalue weighted by atomic mass is 16.5. The Morgan fingerprint density at radius 2 is 1.79 bits per heavy atom. The van der Waals surface area contributed by atoms with Crippen molar-refractivity contribution in [3.63, 3.8) is 0 Å². The maximum Gasteiger partial charge on any atom is 0.338 e. The first-order valence-electron chi connectivity index (χ1n) is 9.89. The quantitative estimate of drug-likeness (QED) is 0.431. The number of rotatable bonds is 6. The standard InChI is InChI=1S/C25H24N2O2/c1-3-29-25(28)21-12-10-19(11-13-21)17-27-18(2)23(15-20-7-6-14-26-16-20)22-8-4-5-9-24(22)27/h4-14,16H,3,15,17H2,1-2H3. The lowest BCUT2D eigenvalue weighted by atomic mass is 10.0. The van der Waals surface area contributed by atoms with Gasteiger partial charge in [-0.25, -0.2) is 4.79 Å². The molecule has 0 aliphatic carbocycles. The van der Waals surface area contributed by atoms with Gasteiger partial charge in [0.25, 0.3) is 0 Å². The summed E-state index contributed by atoms with van der Waals surface area (Å²) >= 11 is 0. The molecular weight excluding hydrogens is 360 g/mol. The average Bonchev–Trinajstić information content (AvgIpc) is 3.01. The Bertz CT molecular complexity index is 1130. The number of hydrogen-bond acceptors (Lipinski definition) is 3. The van der Waals surface area contributed by atoms with Crippen LogP contribution in [-0.4, -0.2) is 22.1 Å². The van der Waals surface area contributed by atoms with E-state index < -0.39 is 0 Å². The maximum absolute atomic E-state index is 11.9. The minimum absolute atomic E-state index is 0.277. The van der Waals surface area contributed by atoms with Crippen LogP contribution in [0, 0.1) is 6.92 Å². The lowest BCUT2D eigenvalue weighted by molar-refractivity contribution is 0.0526. The molecule has 4 heteroatoms. The number of carbonyl (C=O) groups excluding carboxylic acids is 1. The predicted molar refractivity (Wildman–Crippen MR) is 115 cm³/mol. The molecule has 0 amide bonds. The first-order valence-corrected chi connectivity index (χ1v) is 9.89. The third-order valence-corrected chi connectivity index (χ3v) is 5.27. The van der Waals surface area contributed by atoms with Crippen molar-refractivity contribution in [2.24, 2.45) is 0 Å². The van der Waals surface area contributed by atoms with E-state index in [1.807, 2.05) is 43.5 Å². The lowest BCUT2D eigenvalue weighted by Gasteiger charge is -2.10. The summed E-state index contributed by atoms with van der Waals surface area (Å²) in [6.07, 6.45) is 4.59. The Labute approximate surface area is 170 Å². The van der Waals surface area contributed by atoms with Gasteiger partial charge in [0.05, 0.1) is 12.2 Å². The van der Waals surface area contributed by atoms with Crippen LogP contribution in [-0.2, 0) is 17.7 Å². The number of aromatic nitrogens is 2. The minimum atomic E-state index is -0.277. The van der Waals surface area contributed by atoms with Gasteiger partial charge in [-0.3, -0.25) is 4.98 Å². The number of nitrogens with zero attached hydrogens (tertiary/aromatic N) is 2. The van der Waals surface area contributed by atoms with E-state index in [4.69, 9.17) is 4.74 Å². The van der Waals surface area contributed by atoms with Crippen molar-refractivity contribution in [1.29, 1.82) is 0 Å². The lowest BCUT2D eigenvalue weighted by Crippen LogP contribution is -2.06. The molecule has 2 heterocycles. The molecule has 0 saturated carbocycles.